The van der Waals surface area contributed by atoms with Crippen LogP contribution in [-0.2, 0) is 6.54 Å². The quantitative estimate of drug-likeness (QED) is 0.469. The third-order valence-electron chi connectivity index (χ3n) is 5.62. The van der Waals surface area contributed by atoms with Crippen LogP contribution in [0.25, 0.3) is 16.7 Å². The molecule has 0 aliphatic heterocycles. The number of carbonyl (C=O) groups excluding carboxylic acids is 1. The van der Waals surface area contributed by atoms with E-state index in [0.29, 0.717) is 11.5 Å². The number of aromatic nitrogens is 4. The molecule has 1 N–H and O–H groups in total. The number of fused-ring (bicyclic) bond motifs is 1. The van der Waals surface area contributed by atoms with Crippen LogP contribution < -0.4 is 5.32 Å². The number of rotatable bonds is 8. The van der Waals surface area contributed by atoms with E-state index in [1.807, 2.05) is 66.2 Å². The maximum Gasteiger partial charge on any atom is 0.257 e. The van der Waals surface area contributed by atoms with Gasteiger partial charge in [0.2, 0.25) is 5.95 Å². The first-order chi connectivity index (χ1) is 15.1. The fourth-order valence-electron chi connectivity index (χ4n) is 3.75. The van der Waals surface area contributed by atoms with E-state index >= 15 is 0 Å². The topological polar surface area (TPSA) is 68.0 Å². The zero-order chi connectivity index (χ0) is 21.8. The standard InChI is InChI=1S/C24H28N6O/c1-4-28(5-2)16-17-29-22-9-7-6-8-21(22)26-24(29)27-23(31)19-10-12-20(13-11-19)30-18(3)14-15-25-30/h6-15H,4-5,16-17H2,1-3H3,(H,26,27,31). The van der Waals surface area contributed by atoms with E-state index in [2.05, 4.69) is 38.7 Å². The van der Waals surface area contributed by atoms with Crippen molar-refractivity contribution in [1.82, 2.24) is 24.2 Å². The monoisotopic (exact) mass is 416 g/mol. The number of amides is 1. The molecule has 2 heterocycles. The first kappa shape index (κ1) is 20.8. The lowest BCUT2D eigenvalue weighted by Crippen LogP contribution is -2.27. The highest BCUT2D eigenvalue weighted by atomic mass is 16.1. The maximum absolute atomic E-state index is 13.0. The molecule has 0 spiro atoms. The minimum atomic E-state index is -0.178. The van der Waals surface area contributed by atoms with Crippen LogP contribution in [0.2, 0.25) is 0 Å². The van der Waals surface area contributed by atoms with Gasteiger partial charge < -0.3 is 9.47 Å². The molecule has 7 nitrogen and oxygen atoms in total. The van der Waals surface area contributed by atoms with Crippen molar-refractivity contribution in [3.05, 3.63) is 72.1 Å². The van der Waals surface area contributed by atoms with Crippen LogP contribution >= 0.6 is 0 Å². The van der Waals surface area contributed by atoms with Gasteiger partial charge in [0.15, 0.2) is 0 Å². The molecular formula is C24H28N6O. The summed E-state index contributed by atoms with van der Waals surface area (Å²) in [6.45, 7) is 9.96. The molecule has 0 fully saturated rings. The van der Waals surface area contributed by atoms with E-state index in [0.717, 1.165) is 48.6 Å². The van der Waals surface area contributed by atoms with Crippen LogP contribution in [0.15, 0.2) is 60.8 Å². The molecule has 7 heteroatoms. The summed E-state index contributed by atoms with van der Waals surface area (Å²) >= 11 is 0. The van der Waals surface area contributed by atoms with Gasteiger partial charge >= 0.3 is 0 Å². The fraction of sp³-hybridized carbons (Fsp3) is 0.292. The van der Waals surface area contributed by atoms with Crippen LogP contribution in [0.3, 0.4) is 0 Å². The Morgan fingerprint density at radius 2 is 1.77 bits per heavy atom. The van der Waals surface area contributed by atoms with Crippen molar-refractivity contribution in [1.29, 1.82) is 0 Å². The maximum atomic E-state index is 13.0. The molecule has 0 bridgehead atoms. The molecule has 0 radical (unpaired) electrons. The van der Waals surface area contributed by atoms with Crippen LogP contribution in [0.4, 0.5) is 5.95 Å². The molecule has 0 saturated carbocycles. The van der Waals surface area contributed by atoms with E-state index in [4.69, 9.17) is 0 Å². The summed E-state index contributed by atoms with van der Waals surface area (Å²) in [5.41, 5.74) is 4.44. The van der Waals surface area contributed by atoms with Gasteiger partial charge in [-0.15, -0.1) is 0 Å². The Morgan fingerprint density at radius 1 is 1.03 bits per heavy atom. The Labute approximate surface area is 182 Å². The molecule has 160 valence electrons. The second-order valence-corrected chi connectivity index (χ2v) is 7.49. The van der Waals surface area contributed by atoms with Gasteiger partial charge in [0.1, 0.15) is 0 Å². The van der Waals surface area contributed by atoms with Crippen molar-refractivity contribution >= 4 is 22.9 Å². The number of nitrogens with one attached hydrogen (secondary N) is 1. The summed E-state index contributed by atoms with van der Waals surface area (Å²) in [5.74, 6) is 0.397. The summed E-state index contributed by atoms with van der Waals surface area (Å²) in [6.07, 6.45) is 1.76. The van der Waals surface area contributed by atoms with Gasteiger partial charge in [-0.3, -0.25) is 10.1 Å². The number of para-hydroxylation sites is 2. The molecule has 0 unspecified atom stereocenters. The Balaban J connectivity index is 1.57. The normalized spacial score (nSPS) is 11.4. The van der Waals surface area contributed by atoms with Gasteiger partial charge in [0, 0.05) is 30.5 Å². The van der Waals surface area contributed by atoms with Crippen LogP contribution in [0.1, 0.15) is 29.9 Å². The van der Waals surface area contributed by atoms with E-state index in [1.165, 1.54) is 0 Å². The summed E-state index contributed by atoms with van der Waals surface area (Å²) in [7, 11) is 0. The zero-order valence-electron chi connectivity index (χ0n) is 18.2. The summed E-state index contributed by atoms with van der Waals surface area (Å²) < 4.78 is 3.93. The van der Waals surface area contributed by atoms with Gasteiger partial charge in [-0.1, -0.05) is 26.0 Å². The molecule has 4 aromatic rings. The lowest BCUT2D eigenvalue weighted by atomic mass is 10.2. The smallest absolute Gasteiger partial charge is 0.257 e. The van der Waals surface area contributed by atoms with Crippen molar-refractivity contribution in [2.45, 2.75) is 27.3 Å². The minimum absolute atomic E-state index is 0.178. The van der Waals surface area contributed by atoms with Crippen molar-refractivity contribution < 1.29 is 4.79 Å². The first-order valence-corrected chi connectivity index (χ1v) is 10.7. The molecule has 0 saturated heterocycles. The van der Waals surface area contributed by atoms with E-state index in [1.54, 1.807) is 6.20 Å². The van der Waals surface area contributed by atoms with Crippen molar-refractivity contribution in [2.75, 3.05) is 25.0 Å². The van der Waals surface area contributed by atoms with E-state index in [9.17, 15) is 4.79 Å². The van der Waals surface area contributed by atoms with Crippen LogP contribution in [0.5, 0.6) is 0 Å². The zero-order valence-corrected chi connectivity index (χ0v) is 18.2. The second kappa shape index (κ2) is 9.14. The van der Waals surface area contributed by atoms with Crippen molar-refractivity contribution in [2.24, 2.45) is 0 Å². The second-order valence-electron chi connectivity index (χ2n) is 7.49. The molecule has 4 rings (SSSR count). The average molecular weight is 417 g/mol. The Morgan fingerprint density at radius 3 is 2.45 bits per heavy atom. The van der Waals surface area contributed by atoms with Crippen LogP contribution in [0, 0.1) is 6.92 Å². The van der Waals surface area contributed by atoms with Gasteiger partial charge in [0.05, 0.1) is 16.7 Å². The molecule has 0 aliphatic rings. The molecule has 2 aromatic heterocycles. The predicted octanol–water partition coefficient (Wildman–Crippen LogP) is 4.12. The van der Waals surface area contributed by atoms with Crippen molar-refractivity contribution in [3.8, 4) is 5.69 Å². The molecule has 0 aliphatic carbocycles. The highest BCUT2D eigenvalue weighted by Gasteiger charge is 2.15. The van der Waals surface area contributed by atoms with Gasteiger partial charge in [-0.25, -0.2) is 9.67 Å². The van der Waals surface area contributed by atoms with Crippen molar-refractivity contribution in [3.63, 3.8) is 0 Å². The summed E-state index contributed by atoms with van der Waals surface area (Å²) in [6, 6.07) is 17.4. The number of aryl methyl sites for hydroxylation is 1. The number of imidazole rings is 1. The molecule has 0 atom stereocenters. The fourth-order valence-corrected chi connectivity index (χ4v) is 3.75. The number of hydrogen-bond acceptors (Lipinski definition) is 4. The number of nitrogens with zero attached hydrogens (tertiary/aromatic N) is 5. The molecule has 2 aromatic carbocycles. The number of likely N-dealkylation sites (N-methyl/N-ethyl adjacent to an activating group) is 1. The number of anilines is 1. The number of carbonyl (C=O) groups is 1. The summed E-state index contributed by atoms with van der Waals surface area (Å²) in [4.78, 5) is 20.0. The SMILES string of the molecule is CCN(CC)CCn1c(NC(=O)c2ccc(-n3nccc3C)cc2)nc2ccccc21. The van der Waals surface area contributed by atoms with Crippen LogP contribution in [-0.4, -0.2) is 49.8 Å². The van der Waals surface area contributed by atoms with Gasteiger partial charge in [-0.2, -0.15) is 5.10 Å². The van der Waals surface area contributed by atoms with E-state index < -0.39 is 0 Å². The lowest BCUT2D eigenvalue weighted by molar-refractivity contribution is 0.102. The highest BCUT2D eigenvalue weighted by molar-refractivity contribution is 6.04. The lowest BCUT2D eigenvalue weighted by Gasteiger charge is -2.19. The Hall–Kier alpha value is -3.45. The Kier molecular flexibility index (Phi) is 6.13. The highest BCUT2D eigenvalue weighted by Crippen LogP contribution is 2.21. The third kappa shape index (κ3) is 4.36. The molecular weight excluding hydrogens is 388 g/mol. The van der Waals surface area contributed by atoms with Gasteiger partial charge in [0.25, 0.3) is 5.91 Å². The number of benzene rings is 2. The predicted molar refractivity (Wildman–Crippen MR) is 124 cm³/mol. The Bertz CT molecular complexity index is 1170. The van der Waals surface area contributed by atoms with Gasteiger partial charge in [-0.05, 0) is 62.5 Å². The molecule has 1 amide bonds. The molecule has 31 heavy (non-hydrogen) atoms. The summed E-state index contributed by atoms with van der Waals surface area (Å²) in [5, 5.41) is 7.33. The average Bonchev–Trinajstić information content (AvgIpc) is 3.37. The first-order valence-electron chi connectivity index (χ1n) is 10.7. The minimum Gasteiger partial charge on any atom is -0.309 e. The largest absolute Gasteiger partial charge is 0.309 e. The number of hydrogen-bond donors (Lipinski definition) is 1. The van der Waals surface area contributed by atoms with E-state index in [-0.39, 0.29) is 5.91 Å². The third-order valence-corrected chi connectivity index (χ3v) is 5.62.